The highest BCUT2D eigenvalue weighted by Crippen LogP contribution is 2.37. The summed E-state index contributed by atoms with van der Waals surface area (Å²) in [6, 6.07) is 6.58. The van der Waals surface area contributed by atoms with Crippen LogP contribution in [0.25, 0.3) is 5.65 Å². The monoisotopic (exact) mass is 508 g/mol. The number of anilines is 1. The number of ether oxygens (including phenoxy) is 2. The minimum absolute atomic E-state index is 0. The summed E-state index contributed by atoms with van der Waals surface area (Å²) >= 11 is 0. The number of fused-ring (bicyclic) bond motifs is 1. The molecule has 0 radical (unpaired) electrons. The molecule has 2 saturated heterocycles. The van der Waals surface area contributed by atoms with Gasteiger partial charge in [-0.2, -0.15) is 5.10 Å². The number of carboxylic acid groups (broad SMARTS) is 1. The topological polar surface area (TPSA) is 127 Å². The lowest BCUT2D eigenvalue weighted by molar-refractivity contribution is 0.0322. The molecule has 0 spiro atoms. The van der Waals surface area contributed by atoms with Crippen molar-refractivity contribution in [1.82, 2.24) is 25.6 Å². The SMILES string of the molecule is Cl.N.O=C(O)c1cnn2ccc(N3CCC[C@@H]3c3cc(F)cc(OCCN4CCOCC4)c3)nc12. The van der Waals surface area contributed by atoms with Crippen molar-refractivity contribution in [2.75, 3.05) is 50.9 Å². The second-order valence-corrected chi connectivity index (χ2v) is 8.29. The molecule has 190 valence electrons. The fraction of sp³-hybridized carbons (Fsp3) is 0.435. The predicted molar refractivity (Wildman–Crippen MR) is 131 cm³/mol. The first-order valence-electron chi connectivity index (χ1n) is 11.2. The Morgan fingerprint density at radius 2 is 2.03 bits per heavy atom. The molecule has 2 aromatic heterocycles. The van der Waals surface area contributed by atoms with Gasteiger partial charge in [0, 0.05) is 38.4 Å². The van der Waals surface area contributed by atoms with Crippen molar-refractivity contribution in [3.8, 4) is 5.75 Å². The van der Waals surface area contributed by atoms with Crippen molar-refractivity contribution in [2.45, 2.75) is 18.9 Å². The van der Waals surface area contributed by atoms with Crippen molar-refractivity contribution in [3.05, 3.63) is 53.6 Å². The molecule has 10 nitrogen and oxygen atoms in total. The van der Waals surface area contributed by atoms with Crippen LogP contribution in [0.2, 0.25) is 0 Å². The maximum Gasteiger partial charge on any atom is 0.341 e. The zero-order valence-corrected chi connectivity index (χ0v) is 20.1. The van der Waals surface area contributed by atoms with E-state index in [1.807, 2.05) is 12.1 Å². The van der Waals surface area contributed by atoms with Crippen molar-refractivity contribution in [3.63, 3.8) is 0 Å². The number of hydrogen-bond acceptors (Lipinski definition) is 8. The van der Waals surface area contributed by atoms with Gasteiger partial charge in [-0.3, -0.25) is 4.90 Å². The summed E-state index contributed by atoms with van der Waals surface area (Å²) in [5, 5.41) is 13.4. The fourth-order valence-electron chi connectivity index (χ4n) is 4.54. The molecule has 0 bridgehead atoms. The van der Waals surface area contributed by atoms with E-state index in [2.05, 4.69) is 19.9 Å². The van der Waals surface area contributed by atoms with Crippen LogP contribution in [0.4, 0.5) is 10.2 Å². The van der Waals surface area contributed by atoms with Gasteiger partial charge in [-0.1, -0.05) is 0 Å². The average Bonchev–Trinajstić information content (AvgIpc) is 3.46. The van der Waals surface area contributed by atoms with Gasteiger partial charge in [0.1, 0.15) is 29.6 Å². The largest absolute Gasteiger partial charge is 0.492 e. The lowest BCUT2D eigenvalue weighted by atomic mass is 10.0. The molecule has 0 amide bonds. The van der Waals surface area contributed by atoms with Gasteiger partial charge in [0.2, 0.25) is 0 Å². The van der Waals surface area contributed by atoms with Gasteiger partial charge in [-0.15, -0.1) is 12.4 Å². The summed E-state index contributed by atoms with van der Waals surface area (Å²) in [5.41, 5.74) is 1.16. The van der Waals surface area contributed by atoms with E-state index < -0.39 is 5.97 Å². The standard InChI is InChI=1S/C23H26FN5O4.ClH.H3N/c24-17-12-16(13-18(14-17)33-11-8-27-6-9-32-10-7-27)20-2-1-4-28(20)21-3-5-29-22(26-21)19(15-25-29)23(30)31;;/h3,5,12-15,20H,1-2,4,6-11H2,(H,30,31);1H;1H3/t20-;;/m1../s1. The molecule has 3 aromatic rings. The van der Waals surface area contributed by atoms with Crippen LogP contribution in [0.15, 0.2) is 36.7 Å². The Kier molecular flexibility index (Phi) is 8.84. The van der Waals surface area contributed by atoms with E-state index in [9.17, 15) is 14.3 Å². The van der Waals surface area contributed by atoms with Crippen LogP contribution >= 0.6 is 12.4 Å². The molecule has 35 heavy (non-hydrogen) atoms. The number of halogens is 2. The van der Waals surface area contributed by atoms with Gasteiger partial charge >= 0.3 is 5.97 Å². The number of morpholine rings is 1. The first-order valence-corrected chi connectivity index (χ1v) is 11.2. The number of rotatable bonds is 7. The summed E-state index contributed by atoms with van der Waals surface area (Å²) in [7, 11) is 0. The highest BCUT2D eigenvalue weighted by Gasteiger charge is 2.29. The molecule has 2 aliphatic heterocycles. The molecular formula is C23H30ClFN6O4. The van der Waals surface area contributed by atoms with Gasteiger partial charge in [0.05, 0.1) is 25.5 Å². The van der Waals surface area contributed by atoms with E-state index >= 15 is 0 Å². The number of nitrogens with zero attached hydrogens (tertiary/aromatic N) is 5. The molecule has 4 N–H and O–H groups in total. The summed E-state index contributed by atoms with van der Waals surface area (Å²) in [6.07, 6.45) is 4.76. The molecule has 4 heterocycles. The van der Waals surface area contributed by atoms with Crippen LogP contribution in [-0.4, -0.2) is 76.6 Å². The van der Waals surface area contributed by atoms with Gasteiger partial charge in [0.25, 0.3) is 0 Å². The number of carboxylic acids is 1. The van der Waals surface area contributed by atoms with Gasteiger partial charge < -0.3 is 25.6 Å². The Hall–Kier alpha value is -2.99. The molecule has 0 saturated carbocycles. The van der Waals surface area contributed by atoms with E-state index in [1.165, 1.54) is 22.8 Å². The summed E-state index contributed by atoms with van der Waals surface area (Å²) < 4.78 is 27.2. The molecule has 2 fully saturated rings. The summed E-state index contributed by atoms with van der Waals surface area (Å²) in [5.74, 6) is -0.255. The van der Waals surface area contributed by atoms with Crippen LogP contribution in [-0.2, 0) is 4.74 Å². The molecule has 0 unspecified atom stereocenters. The number of benzene rings is 1. The zero-order valence-electron chi connectivity index (χ0n) is 19.3. The lowest BCUT2D eigenvalue weighted by Crippen LogP contribution is -2.38. The van der Waals surface area contributed by atoms with Gasteiger partial charge in [0.15, 0.2) is 5.65 Å². The molecule has 1 aromatic carbocycles. The van der Waals surface area contributed by atoms with Crippen molar-refractivity contribution in [2.24, 2.45) is 0 Å². The van der Waals surface area contributed by atoms with E-state index in [0.717, 1.165) is 57.8 Å². The van der Waals surface area contributed by atoms with Crippen molar-refractivity contribution >= 4 is 29.8 Å². The van der Waals surface area contributed by atoms with Crippen LogP contribution < -0.4 is 15.8 Å². The first-order chi connectivity index (χ1) is 16.1. The van der Waals surface area contributed by atoms with E-state index in [4.69, 9.17) is 9.47 Å². The first kappa shape index (κ1) is 26.6. The fourth-order valence-corrected chi connectivity index (χ4v) is 4.54. The third kappa shape index (κ3) is 5.81. The van der Waals surface area contributed by atoms with Gasteiger partial charge in [-0.05, 0) is 36.6 Å². The lowest BCUT2D eigenvalue weighted by Gasteiger charge is -2.27. The molecule has 12 heteroatoms. The Balaban J connectivity index is 0.00000171. The van der Waals surface area contributed by atoms with Crippen LogP contribution in [0.5, 0.6) is 5.75 Å². The predicted octanol–water partition coefficient (Wildman–Crippen LogP) is 3.20. The van der Waals surface area contributed by atoms with E-state index in [-0.39, 0.29) is 41.6 Å². The molecular weight excluding hydrogens is 479 g/mol. The third-order valence-corrected chi connectivity index (χ3v) is 6.19. The van der Waals surface area contributed by atoms with Gasteiger partial charge in [-0.25, -0.2) is 18.7 Å². The molecule has 1 atom stereocenters. The molecule has 5 rings (SSSR count). The number of carbonyl (C=O) groups is 1. The normalized spacial score (nSPS) is 18.2. The van der Waals surface area contributed by atoms with Crippen LogP contribution in [0.3, 0.4) is 0 Å². The van der Waals surface area contributed by atoms with Crippen LogP contribution in [0, 0.1) is 5.82 Å². The Bertz CT molecular complexity index is 1160. The maximum atomic E-state index is 14.5. The Labute approximate surface area is 208 Å². The Morgan fingerprint density at radius 1 is 1.23 bits per heavy atom. The smallest absolute Gasteiger partial charge is 0.341 e. The maximum absolute atomic E-state index is 14.5. The molecule has 2 aliphatic rings. The van der Waals surface area contributed by atoms with E-state index in [0.29, 0.717) is 18.2 Å². The molecule has 0 aliphatic carbocycles. The number of hydrogen-bond donors (Lipinski definition) is 2. The summed E-state index contributed by atoms with van der Waals surface area (Å²) in [4.78, 5) is 20.4. The zero-order chi connectivity index (χ0) is 22.8. The van der Waals surface area contributed by atoms with E-state index in [1.54, 1.807) is 6.20 Å². The second-order valence-electron chi connectivity index (χ2n) is 8.29. The highest BCUT2D eigenvalue weighted by molar-refractivity contribution is 5.94. The Morgan fingerprint density at radius 3 is 2.80 bits per heavy atom. The minimum atomic E-state index is -1.07. The second kappa shape index (κ2) is 11.6. The minimum Gasteiger partial charge on any atom is -0.492 e. The van der Waals surface area contributed by atoms with Crippen molar-refractivity contribution in [1.29, 1.82) is 0 Å². The van der Waals surface area contributed by atoms with Crippen molar-refractivity contribution < 1.29 is 23.8 Å². The average molecular weight is 509 g/mol. The quantitative estimate of drug-likeness (QED) is 0.494. The van der Waals surface area contributed by atoms with Crippen LogP contribution in [0.1, 0.15) is 34.8 Å². The highest BCUT2D eigenvalue weighted by atomic mass is 35.5. The number of aromatic nitrogens is 3. The number of aromatic carboxylic acids is 1. The third-order valence-electron chi connectivity index (χ3n) is 6.19. The summed E-state index contributed by atoms with van der Waals surface area (Å²) in [6.45, 7) is 5.22.